The van der Waals surface area contributed by atoms with E-state index in [1.807, 2.05) is 25.1 Å². The van der Waals surface area contributed by atoms with Gasteiger partial charge in [-0.25, -0.2) is 0 Å². The molecule has 1 fully saturated rings. The molecule has 4 heteroatoms. The molecule has 0 amide bonds. The van der Waals surface area contributed by atoms with Gasteiger partial charge in [0, 0.05) is 5.02 Å². The van der Waals surface area contributed by atoms with Crippen LogP contribution >= 0.6 is 11.6 Å². The zero-order valence-electron chi connectivity index (χ0n) is 10.7. The Morgan fingerprint density at radius 1 is 1.56 bits per heavy atom. The third-order valence-electron chi connectivity index (χ3n) is 3.62. The fourth-order valence-electron chi connectivity index (χ4n) is 2.62. The van der Waals surface area contributed by atoms with Crippen molar-refractivity contribution >= 4 is 17.6 Å². The average molecular weight is 268 g/mol. The molecule has 0 bridgehead atoms. The zero-order chi connectivity index (χ0) is 13.2. The third kappa shape index (κ3) is 2.68. The van der Waals surface area contributed by atoms with Crippen molar-refractivity contribution in [2.45, 2.75) is 31.2 Å². The number of methoxy groups -OCH3 is 1. The van der Waals surface area contributed by atoms with Crippen LogP contribution in [0.15, 0.2) is 24.3 Å². The lowest BCUT2D eigenvalue weighted by molar-refractivity contribution is -0.149. The normalized spacial score (nSPS) is 27.8. The number of nitrogens with one attached hydrogen (secondary N) is 1. The number of hydrogen-bond donors (Lipinski definition) is 1. The lowest BCUT2D eigenvalue weighted by atomic mass is 9.79. The van der Waals surface area contributed by atoms with Gasteiger partial charge in [0.1, 0.15) is 5.54 Å². The van der Waals surface area contributed by atoms with Crippen molar-refractivity contribution in [1.29, 1.82) is 0 Å². The first-order chi connectivity index (χ1) is 8.55. The number of benzene rings is 1. The minimum Gasteiger partial charge on any atom is -0.468 e. The summed E-state index contributed by atoms with van der Waals surface area (Å²) in [6.07, 6.45) is 1.74. The van der Waals surface area contributed by atoms with Gasteiger partial charge in [-0.15, -0.1) is 0 Å². The molecular formula is C14H18ClNO2. The highest BCUT2D eigenvalue weighted by atomic mass is 35.5. The minimum atomic E-state index is -0.597. The van der Waals surface area contributed by atoms with Gasteiger partial charge >= 0.3 is 5.97 Å². The molecule has 0 spiro atoms. The van der Waals surface area contributed by atoms with E-state index in [0.29, 0.717) is 5.92 Å². The summed E-state index contributed by atoms with van der Waals surface area (Å²) in [5.41, 5.74) is 0.596. The van der Waals surface area contributed by atoms with Crippen LogP contribution in [0.2, 0.25) is 5.02 Å². The number of esters is 1. The van der Waals surface area contributed by atoms with Crippen molar-refractivity contribution in [3.63, 3.8) is 0 Å². The third-order valence-corrected chi connectivity index (χ3v) is 3.85. The van der Waals surface area contributed by atoms with Crippen LogP contribution in [-0.2, 0) is 9.53 Å². The van der Waals surface area contributed by atoms with E-state index in [4.69, 9.17) is 16.3 Å². The maximum atomic E-state index is 11.8. The van der Waals surface area contributed by atoms with E-state index in [-0.39, 0.29) is 5.97 Å². The quantitative estimate of drug-likeness (QED) is 0.838. The van der Waals surface area contributed by atoms with Gasteiger partial charge in [-0.05, 0) is 49.9 Å². The Balaban J connectivity index is 2.19. The highest BCUT2D eigenvalue weighted by Crippen LogP contribution is 2.34. The summed E-state index contributed by atoms with van der Waals surface area (Å²) in [6, 6.07) is 7.87. The number of carbonyl (C=O) groups is 1. The molecule has 2 atom stereocenters. The van der Waals surface area contributed by atoms with Gasteiger partial charge in [-0.3, -0.25) is 4.79 Å². The first-order valence-electron chi connectivity index (χ1n) is 6.14. The van der Waals surface area contributed by atoms with E-state index in [1.165, 1.54) is 12.7 Å². The maximum absolute atomic E-state index is 11.8. The van der Waals surface area contributed by atoms with Gasteiger partial charge in [0.25, 0.3) is 0 Å². The van der Waals surface area contributed by atoms with Crippen molar-refractivity contribution < 1.29 is 9.53 Å². The van der Waals surface area contributed by atoms with E-state index >= 15 is 0 Å². The number of ether oxygens (including phenoxy) is 1. The molecule has 0 aliphatic carbocycles. The number of carbonyl (C=O) groups excluding carboxylic acids is 1. The molecule has 2 unspecified atom stereocenters. The molecule has 1 aromatic carbocycles. The van der Waals surface area contributed by atoms with Gasteiger partial charge < -0.3 is 10.1 Å². The molecule has 1 aromatic rings. The SMILES string of the molecule is COC(=O)C1(C)CC(c2cccc(Cl)c2)CCN1. The molecule has 0 saturated carbocycles. The van der Waals surface area contributed by atoms with Crippen LogP contribution in [0.25, 0.3) is 0 Å². The fourth-order valence-corrected chi connectivity index (χ4v) is 2.81. The Hall–Kier alpha value is -1.06. The van der Waals surface area contributed by atoms with E-state index in [2.05, 4.69) is 11.4 Å². The topological polar surface area (TPSA) is 38.3 Å². The lowest BCUT2D eigenvalue weighted by Gasteiger charge is -2.37. The number of piperidine rings is 1. The Morgan fingerprint density at radius 2 is 2.33 bits per heavy atom. The van der Waals surface area contributed by atoms with Crippen LogP contribution in [0.5, 0.6) is 0 Å². The summed E-state index contributed by atoms with van der Waals surface area (Å²) in [5, 5.41) is 3.99. The van der Waals surface area contributed by atoms with Crippen molar-refractivity contribution in [2.75, 3.05) is 13.7 Å². The predicted octanol–water partition coefficient (Wildman–Crippen LogP) is 2.74. The number of halogens is 1. The lowest BCUT2D eigenvalue weighted by Crippen LogP contribution is -2.54. The van der Waals surface area contributed by atoms with Crippen LogP contribution in [0.4, 0.5) is 0 Å². The largest absolute Gasteiger partial charge is 0.468 e. The average Bonchev–Trinajstić information content (AvgIpc) is 2.38. The smallest absolute Gasteiger partial charge is 0.325 e. The van der Waals surface area contributed by atoms with Crippen LogP contribution in [0.1, 0.15) is 31.2 Å². The van der Waals surface area contributed by atoms with Gasteiger partial charge in [0.05, 0.1) is 7.11 Å². The Labute approximate surface area is 112 Å². The summed E-state index contributed by atoms with van der Waals surface area (Å²) in [5.74, 6) is 0.142. The molecule has 1 aliphatic heterocycles. The molecule has 18 heavy (non-hydrogen) atoms. The Morgan fingerprint density at radius 3 is 3.00 bits per heavy atom. The first kappa shape index (κ1) is 13.4. The van der Waals surface area contributed by atoms with E-state index < -0.39 is 5.54 Å². The predicted molar refractivity (Wildman–Crippen MR) is 71.9 cm³/mol. The van der Waals surface area contributed by atoms with Crippen LogP contribution in [-0.4, -0.2) is 25.2 Å². The second-order valence-electron chi connectivity index (χ2n) is 5.00. The summed E-state index contributed by atoms with van der Waals surface area (Å²) in [4.78, 5) is 11.8. The summed E-state index contributed by atoms with van der Waals surface area (Å²) in [7, 11) is 1.43. The van der Waals surface area contributed by atoms with Crippen molar-refractivity contribution in [2.24, 2.45) is 0 Å². The van der Waals surface area contributed by atoms with Crippen molar-refractivity contribution in [3.05, 3.63) is 34.9 Å². The molecule has 1 N–H and O–H groups in total. The van der Waals surface area contributed by atoms with Gasteiger partial charge in [0.15, 0.2) is 0 Å². The Kier molecular flexibility index (Phi) is 3.93. The number of rotatable bonds is 2. The summed E-state index contributed by atoms with van der Waals surface area (Å²) >= 11 is 6.02. The summed E-state index contributed by atoms with van der Waals surface area (Å²) in [6.45, 7) is 2.71. The molecule has 3 nitrogen and oxygen atoms in total. The van der Waals surface area contributed by atoms with Crippen molar-refractivity contribution in [1.82, 2.24) is 5.32 Å². The first-order valence-corrected chi connectivity index (χ1v) is 6.52. The maximum Gasteiger partial charge on any atom is 0.325 e. The van der Waals surface area contributed by atoms with Crippen LogP contribution in [0.3, 0.4) is 0 Å². The molecular weight excluding hydrogens is 250 g/mol. The molecule has 1 saturated heterocycles. The van der Waals surface area contributed by atoms with E-state index in [0.717, 1.165) is 24.4 Å². The van der Waals surface area contributed by atoms with E-state index in [1.54, 1.807) is 0 Å². The second kappa shape index (κ2) is 5.29. The highest BCUT2D eigenvalue weighted by molar-refractivity contribution is 6.30. The van der Waals surface area contributed by atoms with Crippen LogP contribution < -0.4 is 5.32 Å². The monoisotopic (exact) mass is 267 g/mol. The number of hydrogen-bond acceptors (Lipinski definition) is 3. The highest BCUT2D eigenvalue weighted by Gasteiger charge is 2.39. The van der Waals surface area contributed by atoms with E-state index in [9.17, 15) is 4.79 Å². The summed E-state index contributed by atoms with van der Waals surface area (Å²) < 4.78 is 4.87. The van der Waals surface area contributed by atoms with Gasteiger partial charge in [0.2, 0.25) is 0 Å². The molecule has 0 aromatic heterocycles. The zero-order valence-corrected chi connectivity index (χ0v) is 11.5. The van der Waals surface area contributed by atoms with Gasteiger partial charge in [-0.1, -0.05) is 23.7 Å². The van der Waals surface area contributed by atoms with Crippen LogP contribution in [0, 0.1) is 0 Å². The fraction of sp³-hybridized carbons (Fsp3) is 0.500. The molecule has 1 heterocycles. The van der Waals surface area contributed by atoms with Gasteiger partial charge in [-0.2, -0.15) is 0 Å². The molecule has 2 rings (SSSR count). The minimum absolute atomic E-state index is 0.200. The molecule has 98 valence electrons. The molecule has 0 radical (unpaired) electrons. The molecule has 1 aliphatic rings. The standard InChI is InChI=1S/C14H18ClNO2/c1-14(13(17)18-2)9-11(6-7-16-14)10-4-3-5-12(15)8-10/h3-5,8,11,16H,6-7,9H2,1-2H3. The Bertz CT molecular complexity index is 449. The van der Waals surface area contributed by atoms with Crippen molar-refractivity contribution in [3.8, 4) is 0 Å². The second-order valence-corrected chi connectivity index (χ2v) is 5.43.